The minimum absolute atomic E-state index is 0. The predicted molar refractivity (Wildman–Crippen MR) is 143 cm³/mol. The first-order chi connectivity index (χ1) is 17.1. The molecule has 1 atom stereocenters. The largest absolute Gasteiger partial charge is 0.457 e. The van der Waals surface area contributed by atoms with Gasteiger partial charge in [-0.1, -0.05) is 48.5 Å². The molecular formula is C29H30ClN3O3. The Hall–Kier alpha value is -3.61. The number of ether oxygens (including phenoxy) is 2. The van der Waals surface area contributed by atoms with E-state index in [0.717, 1.165) is 57.8 Å². The van der Waals surface area contributed by atoms with Crippen molar-refractivity contribution in [2.45, 2.75) is 39.5 Å². The Kier molecular flexibility index (Phi) is 8.08. The van der Waals surface area contributed by atoms with Crippen LogP contribution in [0.15, 0.2) is 79.4 Å². The summed E-state index contributed by atoms with van der Waals surface area (Å²) in [5.74, 6) is 1.44. The normalized spacial score (nSPS) is 13.7. The van der Waals surface area contributed by atoms with Crippen LogP contribution in [0.3, 0.4) is 0 Å². The van der Waals surface area contributed by atoms with Gasteiger partial charge in [-0.05, 0) is 47.7 Å². The number of carbonyl (C=O) groups excluding carboxylic acids is 1. The maximum absolute atomic E-state index is 12.2. The van der Waals surface area contributed by atoms with E-state index in [1.807, 2.05) is 48.9 Å². The highest BCUT2D eigenvalue weighted by atomic mass is 35.5. The number of rotatable bonds is 8. The molecule has 2 heterocycles. The molecule has 1 aliphatic rings. The second-order valence-corrected chi connectivity index (χ2v) is 8.81. The number of nitrogens with zero attached hydrogens (tertiary/aromatic N) is 2. The smallest absolute Gasteiger partial charge is 0.217 e. The van der Waals surface area contributed by atoms with Crippen molar-refractivity contribution in [2.24, 2.45) is 0 Å². The molecule has 3 aromatic carbocycles. The van der Waals surface area contributed by atoms with Gasteiger partial charge in [0.15, 0.2) is 0 Å². The van der Waals surface area contributed by atoms with Crippen LogP contribution in [0, 0.1) is 6.92 Å². The van der Waals surface area contributed by atoms with Crippen molar-refractivity contribution in [1.29, 1.82) is 0 Å². The number of imidazole rings is 1. The SMILES string of the molecule is CC(=O)NC1c2ccccc2Oc2cccc(-c3c(C)cccc3COCCCn3ccnc3)c21.Cl. The van der Waals surface area contributed by atoms with Gasteiger partial charge in [-0.3, -0.25) is 4.79 Å². The van der Waals surface area contributed by atoms with Gasteiger partial charge in [0.05, 0.1) is 19.0 Å². The monoisotopic (exact) mass is 503 g/mol. The van der Waals surface area contributed by atoms with E-state index >= 15 is 0 Å². The Morgan fingerprint density at radius 1 is 1.08 bits per heavy atom. The molecule has 1 aliphatic heterocycles. The maximum atomic E-state index is 12.2. The Labute approximate surface area is 217 Å². The zero-order valence-corrected chi connectivity index (χ0v) is 21.3. The maximum Gasteiger partial charge on any atom is 0.217 e. The van der Waals surface area contributed by atoms with Gasteiger partial charge < -0.3 is 19.4 Å². The van der Waals surface area contributed by atoms with Crippen LogP contribution >= 0.6 is 12.4 Å². The Morgan fingerprint density at radius 2 is 1.89 bits per heavy atom. The number of para-hydroxylation sites is 1. The summed E-state index contributed by atoms with van der Waals surface area (Å²) in [6.45, 7) is 5.71. The van der Waals surface area contributed by atoms with Crippen molar-refractivity contribution in [1.82, 2.24) is 14.9 Å². The summed E-state index contributed by atoms with van der Waals surface area (Å²) in [6.07, 6.45) is 6.48. The number of fused-ring (bicyclic) bond motifs is 2. The summed E-state index contributed by atoms with van der Waals surface area (Å²) >= 11 is 0. The third-order valence-corrected chi connectivity index (χ3v) is 6.30. The second kappa shape index (κ2) is 11.4. The number of carbonyl (C=O) groups is 1. The zero-order valence-electron chi connectivity index (χ0n) is 20.4. The molecule has 36 heavy (non-hydrogen) atoms. The molecule has 0 spiro atoms. The molecule has 0 saturated heterocycles. The molecule has 0 bridgehead atoms. The van der Waals surface area contributed by atoms with Crippen LogP contribution < -0.4 is 10.1 Å². The predicted octanol–water partition coefficient (Wildman–Crippen LogP) is 6.22. The molecule has 0 radical (unpaired) electrons. The lowest BCUT2D eigenvalue weighted by Crippen LogP contribution is -2.29. The van der Waals surface area contributed by atoms with Crippen LogP contribution in [0.2, 0.25) is 0 Å². The van der Waals surface area contributed by atoms with Gasteiger partial charge in [-0.2, -0.15) is 0 Å². The number of halogens is 1. The fourth-order valence-electron chi connectivity index (χ4n) is 4.77. The first-order valence-electron chi connectivity index (χ1n) is 11.9. The highest BCUT2D eigenvalue weighted by Gasteiger charge is 2.31. The van der Waals surface area contributed by atoms with Crippen LogP contribution in [0.4, 0.5) is 0 Å². The van der Waals surface area contributed by atoms with Crippen LogP contribution in [0.25, 0.3) is 11.1 Å². The minimum atomic E-state index is -0.299. The van der Waals surface area contributed by atoms with Crippen molar-refractivity contribution in [3.63, 3.8) is 0 Å². The van der Waals surface area contributed by atoms with Crippen LogP contribution in [0.5, 0.6) is 11.5 Å². The van der Waals surface area contributed by atoms with Crippen molar-refractivity contribution in [2.75, 3.05) is 6.61 Å². The average Bonchev–Trinajstić information content (AvgIpc) is 3.37. The van der Waals surface area contributed by atoms with Gasteiger partial charge >= 0.3 is 0 Å². The molecule has 1 aromatic heterocycles. The standard InChI is InChI=1S/C29H29N3O3.ClH/c1-20-8-5-9-22(18-34-17-7-15-32-16-14-30-19-32)27(20)24-11-6-13-26-28(24)29(31-21(2)33)23-10-3-4-12-25(23)35-26;/h3-6,8-14,16,19,29H,7,15,17-18H2,1-2H3,(H,31,33);1H. The van der Waals surface area contributed by atoms with Crippen LogP contribution in [0.1, 0.15) is 41.6 Å². The topological polar surface area (TPSA) is 65.4 Å². The number of hydrogen-bond acceptors (Lipinski definition) is 4. The third-order valence-electron chi connectivity index (χ3n) is 6.30. The van der Waals surface area contributed by atoms with E-state index in [4.69, 9.17) is 9.47 Å². The second-order valence-electron chi connectivity index (χ2n) is 8.81. The molecule has 0 saturated carbocycles. The zero-order chi connectivity index (χ0) is 24.2. The van der Waals surface area contributed by atoms with E-state index in [0.29, 0.717) is 13.2 Å². The quantitative estimate of drug-likeness (QED) is 0.290. The number of benzene rings is 3. The Bertz CT molecular complexity index is 1340. The summed E-state index contributed by atoms with van der Waals surface area (Å²) in [5.41, 5.74) is 6.36. The highest BCUT2D eigenvalue weighted by Crippen LogP contribution is 2.47. The number of amides is 1. The number of aromatic nitrogens is 2. The molecule has 186 valence electrons. The van der Waals surface area contributed by atoms with Crippen molar-refractivity contribution < 1.29 is 14.3 Å². The fraction of sp³-hybridized carbons (Fsp3) is 0.241. The van der Waals surface area contributed by atoms with Gasteiger partial charge in [-0.25, -0.2) is 4.98 Å². The molecule has 6 nitrogen and oxygen atoms in total. The van der Waals surface area contributed by atoms with Crippen LogP contribution in [-0.2, 0) is 22.7 Å². The number of nitrogens with one attached hydrogen (secondary N) is 1. The molecule has 1 unspecified atom stereocenters. The lowest BCUT2D eigenvalue weighted by atomic mass is 9.85. The molecule has 0 aliphatic carbocycles. The number of aryl methyl sites for hydroxylation is 2. The fourth-order valence-corrected chi connectivity index (χ4v) is 4.77. The number of hydrogen-bond donors (Lipinski definition) is 1. The summed E-state index contributed by atoms with van der Waals surface area (Å²) < 4.78 is 14.4. The molecule has 5 rings (SSSR count). The molecule has 7 heteroatoms. The van der Waals surface area contributed by atoms with E-state index in [2.05, 4.69) is 46.1 Å². The molecule has 4 aromatic rings. The summed E-state index contributed by atoms with van der Waals surface area (Å²) in [6, 6.07) is 19.9. The van der Waals surface area contributed by atoms with Gasteiger partial charge in [0.1, 0.15) is 11.5 Å². The first-order valence-corrected chi connectivity index (χ1v) is 11.9. The van der Waals surface area contributed by atoms with Crippen LogP contribution in [-0.4, -0.2) is 22.1 Å². The Morgan fingerprint density at radius 3 is 2.69 bits per heavy atom. The summed E-state index contributed by atoms with van der Waals surface area (Å²) in [5, 5.41) is 3.16. The third kappa shape index (κ3) is 5.30. The van der Waals surface area contributed by atoms with E-state index in [-0.39, 0.29) is 24.4 Å². The first kappa shape index (κ1) is 25.5. The lowest BCUT2D eigenvalue weighted by Gasteiger charge is -2.31. The van der Waals surface area contributed by atoms with Gasteiger partial charge in [0, 0.05) is 43.6 Å². The molecular weight excluding hydrogens is 474 g/mol. The minimum Gasteiger partial charge on any atom is -0.457 e. The molecule has 1 N–H and O–H groups in total. The van der Waals surface area contributed by atoms with E-state index in [1.54, 1.807) is 13.1 Å². The lowest BCUT2D eigenvalue weighted by molar-refractivity contribution is -0.119. The van der Waals surface area contributed by atoms with E-state index in [1.165, 1.54) is 0 Å². The van der Waals surface area contributed by atoms with Crippen molar-refractivity contribution >= 4 is 18.3 Å². The summed E-state index contributed by atoms with van der Waals surface area (Å²) in [4.78, 5) is 16.3. The van der Waals surface area contributed by atoms with Crippen molar-refractivity contribution in [3.05, 3.63) is 102 Å². The molecule has 0 fully saturated rings. The van der Waals surface area contributed by atoms with Gasteiger partial charge in [0.25, 0.3) is 0 Å². The van der Waals surface area contributed by atoms with E-state index < -0.39 is 0 Å². The highest BCUT2D eigenvalue weighted by molar-refractivity contribution is 5.85. The van der Waals surface area contributed by atoms with E-state index in [9.17, 15) is 4.79 Å². The van der Waals surface area contributed by atoms with Gasteiger partial charge in [0.2, 0.25) is 5.91 Å². The average molecular weight is 504 g/mol. The Balaban J connectivity index is 0.00000304. The molecule has 1 amide bonds. The summed E-state index contributed by atoms with van der Waals surface area (Å²) in [7, 11) is 0. The van der Waals surface area contributed by atoms with Gasteiger partial charge in [-0.15, -0.1) is 12.4 Å². The van der Waals surface area contributed by atoms with Crippen molar-refractivity contribution in [3.8, 4) is 22.6 Å².